The van der Waals surface area contributed by atoms with Crippen LogP contribution in [0.3, 0.4) is 0 Å². The Morgan fingerprint density at radius 1 is 1.26 bits per heavy atom. The van der Waals surface area contributed by atoms with Crippen molar-refractivity contribution in [1.82, 2.24) is 0 Å². The maximum absolute atomic E-state index is 13.1. The number of halogens is 1. The second-order valence-corrected chi connectivity index (χ2v) is 8.29. The van der Waals surface area contributed by atoms with Crippen LogP contribution in [-0.4, -0.2) is 13.5 Å². The molecule has 0 radical (unpaired) electrons. The van der Waals surface area contributed by atoms with Crippen LogP contribution in [0.15, 0.2) is 39.9 Å². The minimum absolute atomic E-state index is 0.0187. The molecule has 1 aromatic heterocycles. The van der Waals surface area contributed by atoms with Gasteiger partial charge in [0, 0.05) is 5.92 Å². The maximum Gasteiger partial charge on any atom is 0.247 e. The molecule has 1 heterocycles. The molecule has 0 aliphatic heterocycles. The van der Waals surface area contributed by atoms with Crippen molar-refractivity contribution in [3.05, 3.63) is 52.7 Å². The molecular weight excluding hydrogens is 337 g/mol. The zero-order valence-electron chi connectivity index (χ0n) is 12.9. The molecule has 23 heavy (non-hydrogen) atoms. The molecular formula is C16H20FNO3S2. The summed E-state index contributed by atoms with van der Waals surface area (Å²) in [7, 11) is -3.85. The zero-order chi connectivity index (χ0) is 17.2. The highest BCUT2D eigenvalue weighted by Crippen LogP contribution is 2.42. The van der Waals surface area contributed by atoms with Crippen molar-refractivity contribution in [2.45, 2.75) is 36.5 Å². The molecule has 4 nitrogen and oxygen atoms in total. The standard InChI is InChI=1S/C16H20FNO3S2/c1-3-10(2)14(13-8-9-22-16(13)23(18,20)21)15(19)11-4-6-12(17)7-5-11/h4-10,14-15,19H,3H2,1-2H3,(H2,18,20,21)/t10-,14-,15?/m0/s1. The lowest BCUT2D eigenvalue weighted by molar-refractivity contribution is 0.117. The van der Waals surface area contributed by atoms with E-state index in [0.717, 1.165) is 17.8 Å². The molecule has 3 atom stereocenters. The Labute approximate surface area is 139 Å². The maximum atomic E-state index is 13.1. The van der Waals surface area contributed by atoms with Crippen molar-refractivity contribution in [2.24, 2.45) is 11.1 Å². The average Bonchev–Trinajstić information content (AvgIpc) is 2.97. The van der Waals surface area contributed by atoms with E-state index < -0.39 is 22.0 Å². The Hall–Kier alpha value is -1.28. The van der Waals surface area contributed by atoms with Crippen molar-refractivity contribution in [2.75, 3.05) is 0 Å². The van der Waals surface area contributed by atoms with E-state index in [1.807, 2.05) is 13.8 Å². The van der Waals surface area contributed by atoms with E-state index in [1.165, 1.54) is 24.3 Å². The Morgan fingerprint density at radius 3 is 2.39 bits per heavy atom. The summed E-state index contributed by atoms with van der Waals surface area (Å²) < 4.78 is 36.7. The first-order chi connectivity index (χ1) is 10.8. The van der Waals surface area contributed by atoms with Crippen molar-refractivity contribution >= 4 is 21.4 Å². The first kappa shape index (κ1) is 18.1. The van der Waals surface area contributed by atoms with Crippen LogP contribution in [0.2, 0.25) is 0 Å². The van der Waals surface area contributed by atoms with E-state index in [0.29, 0.717) is 11.1 Å². The van der Waals surface area contributed by atoms with Crippen molar-refractivity contribution < 1.29 is 17.9 Å². The van der Waals surface area contributed by atoms with Crippen LogP contribution in [0, 0.1) is 11.7 Å². The predicted octanol–water partition coefficient (Wildman–Crippen LogP) is 3.40. The molecule has 1 aromatic carbocycles. The summed E-state index contributed by atoms with van der Waals surface area (Å²) in [4.78, 5) is 0. The SMILES string of the molecule is CC[C@H](C)[C@@H](c1ccsc1S(N)(=O)=O)C(O)c1ccc(F)cc1. The largest absolute Gasteiger partial charge is 0.388 e. The second-order valence-electron chi connectivity index (χ2n) is 5.62. The molecule has 0 fully saturated rings. The molecule has 3 N–H and O–H groups in total. The molecule has 0 amide bonds. The van der Waals surface area contributed by atoms with Crippen LogP contribution in [-0.2, 0) is 10.0 Å². The number of primary sulfonamides is 1. The normalized spacial score (nSPS) is 16.0. The minimum atomic E-state index is -3.85. The van der Waals surface area contributed by atoms with Gasteiger partial charge in [-0.1, -0.05) is 32.4 Å². The summed E-state index contributed by atoms with van der Waals surface area (Å²) in [6.45, 7) is 3.92. The first-order valence-corrected chi connectivity index (χ1v) is 9.72. The number of thiophene rings is 1. The molecule has 0 saturated heterocycles. The third-order valence-corrected chi connectivity index (χ3v) is 6.54. The van der Waals surface area contributed by atoms with Crippen molar-refractivity contribution in [1.29, 1.82) is 0 Å². The van der Waals surface area contributed by atoms with Gasteiger partial charge in [-0.3, -0.25) is 0 Å². The molecule has 0 aliphatic rings. The minimum Gasteiger partial charge on any atom is -0.388 e. The van der Waals surface area contributed by atoms with E-state index in [1.54, 1.807) is 11.4 Å². The van der Waals surface area contributed by atoms with Gasteiger partial charge in [-0.15, -0.1) is 11.3 Å². The summed E-state index contributed by atoms with van der Waals surface area (Å²) >= 11 is 1.04. The molecule has 0 bridgehead atoms. The average molecular weight is 357 g/mol. The molecule has 1 unspecified atom stereocenters. The number of aliphatic hydroxyl groups is 1. The number of rotatable bonds is 6. The summed E-state index contributed by atoms with van der Waals surface area (Å²) in [5.41, 5.74) is 1.06. The fraction of sp³-hybridized carbons (Fsp3) is 0.375. The van der Waals surface area contributed by atoms with Gasteiger partial charge in [0.2, 0.25) is 10.0 Å². The van der Waals surface area contributed by atoms with Crippen LogP contribution in [0.4, 0.5) is 4.39 Å². The molecule has 0 aliphatic carbocycles. The Morgan fingerprint density at radius 2 is 1.87 bits per heavy atom. The number of benzene rings is 1. The van der Waals surface area contributed by atoms with Gasteiger partial charge in [0.15, 0.2) is 0 Å². The van der Waals surface area contributed by atoms with Gasteiger partial charge in [-0.25, -0.2) is 17.9 Å². The quantitative estimate of drug-likeness (QED) is 0.831. The summed E-state index contributed by atoms with van der Waals surface area (Å²) in [6.07, 6.45) is -0.191. The van der Waals surface area contributed by atoms with Gasteiger partial charge < -0.3 is 5.11 Å². The third-order valence-electron chi connectivity index (χ3n) is 4.08. The molecule has 0 saturated carbocycles. The van der Waals surface area contributed by atoms with E-state index in [2.05, 4.69) is 0 Å². The van der Waals surface area contributed by atoms with Gasteiger partial charge in [0.25, 0.3) is 0 Å². The van der Waals surface area contributed by atoms with Crippen LogP contribution in [0.1, 0.15) is 43.4 Å². The Bertz CT molecular complexity index is 756. The van der Waals surface area contributed by atoms with Gasteiger partial charge in [0.1, 0.15) is 10.0 Å². The number of hydrogen-bond donors (Lipinski definition) is 2. The molecule has 2 aromatic rings. The number of nitrogens with two attached hydrogens (primary N) is 1. The predicted molar refractivity (Wildman–Crippen MR) is 89.2 cm³/mol. The van der Waals surface area contributed by atoms with E-state index in [4.69, 9.17) is 5.14 Å². The Balaban J connectivity index is 2.50. The van der Waals surface area contributed by atoms with Gasteiger partial charge in [-0.2, -0.15) is 0 Å². The van der Waals surface area contributed by atoms with Crippen LogP contribution in [0.25, 0.3) is 0 Å². The summed E-state index contributed by atoms with van der Waals surface area (Å²) in [5.74, 6) is -0.808. The van der Waals surface area contributed by atoms with Gasteiger partial charge in [0.05, 0.1) is 6.10 Å². The lowest BCUT2D eigenvalue weighted by Gasteiger charge is -2.28. The van der Waals surface area contributed by atoms with Crippen molar-refractivity contribution in [3.63, 3.8) is 0 Å². The summed E-state index contributed by atoms with van der Waals surface area (Å²) in [6, 6.07) is 7.27. The number of aliphatic hydroxyl groups excluding tert-OH is 1. The smallest absolute Gasteiger partial charge is 0.247 e. The molecule has 7 heteroatoms. The molecule has 2 rings (SSSR count). The lowest BCUT2D eigenvalue weighted by Crippen LogP contribution is -2.21. The van der Waals surface area contributed by atoms with Crippen LogP contribution in [0.5, 0.6) is 0 Å². The third kappa shape index (κ3) is 3.98. The zero-order valence-corrected chi connectivity index (χ0v) is 14.6. The first-order valence-electron chi connectivity index (χ1n) is 7.29. The number of sulfonamides is 1. The van der Waals surface area contributed by atoms with E-state index >= 15 is 0 Å². The number of hydrogen-bond acceptors (Lipinski definition) is 4. The van der Waals surface area contributed by atoms with Crippen molar-refractivity contribution in [3.8, 4) is 0 Å². The second kappa shape index (κ2) is 7.09. The molecule has 126 valence electrons. The topological polar surface area (TPSA) is 80.4 Å². The molecule has 0 spiro atoms. The fourth-order valence-electron chi connectivity index (χ4n) is 2.69. The highest BCUT2D eigenvalue weighted by Gasteiger charge is 2.32. The van der Waals surface area contributed by atoms with Crippen LogP contribution >= 0.6 is 11.3 Å². The highest BCUT2D eigenvalue weighted by atomic mass is 32.2. The van der Waals surface area contributed by atoms with E-state index in [-0.39, 0.29) is 15.9 Å². The monoisotopic (exact) mass is 357 g/mol. The summed E-state index contributed by atoms with van der Waals surface area (Å²) in [5, 5.41) is 17.7. The fourth-order valence-corrected chi connectivity index (χ4v) is 4.61. The Kier molecular flexibility index (Phi) is 5.57. The lowest BCUT2D eigenvalue weighted by atomic mass is 9.80. The van der Waals surface area contributed by atoms with Crippen LogP contribution < -0.4 is 5.14 Å². The van der Waals surface area contributed by atoms with E-state index in [9.17, 15) is 17.9 Å². The van der Waals surface area contributed by atoms with Gasteiger partial charge >= 0.3 is 0 Å². The highest BCUT2D eigenvalue weighted by molar-refractivity contribution is 7.91. The van der Waals surface area contributed by atoms with Gasteiger partial charge in [-0.05, 0) is 40.6 Å².